The van der Waals surface area contributed by atoms with E-state index in [1.165, 1.54) is 0 Å². The van der Waals surface area contributed by atoms with Gasteiger partial charge in [-0.15, -0.1) is 0 Å². The van der Waals surface area contributed by atoms with Gasteiger partial charge in [0.2, 0.25) is 7.98 Å². The average molecular weight is 345 g/mol. The van der Waals surface area contributed by atoms with Gasteiger partial charge < -0.3 is 9.23 Å². The molecule has 0 aliphatic carbocycles. The highest BCUT2D eigenvalue weighted by Gasteiger charge is 2.16. The van der Waals surface area contributed by atoms with Crippen LogP contribution in [0.5, 0.6) is 0 Å². The summed E-state index contributed by atoms with van der Waals surface area (Å²) in [5.41, 5.74) is 5.65. The van der Waals surface area contributed by atoms with Crippen molar-refractivity contribution in [3.63, 3.8) is 0 Å². The quantitative estimate of drug-likeness (QED) is 0.348. The topological polar surface area (TPSA) is 16.4 Å². The van der Waals surface area contributed by atoms with Crippen LogP contribution in [0.3, 0.4) is 0 Å². The predicted molar refractivity (Wildman–Crippen MR) is 113 cm³/mol. The fourth-order valence-electron chi connectivity index (χ4n) is 3.57. The maximum absolute atomic E-state index is 6.43. The first kappa shape index (κ1) is 15.8. The Labute approximate surface area is 159 Å². The van der Waals surface area contributed by atoms with Gasteiger partial charge in [0.05, 0.1) is 5.69 Å². The minimum atomic E-state index is 0.794. The summed E-state index contributed by atoms with van der Waals surface area (Å²) in [4.78, 5) is 1.67. The third kappa shape index (κ3) is 2.60. The minimum Gasteiger partial charge on any atom is -0.453 e. The van der Waals surface area contributed by atoms with Crippen LogP contribution in [-0.4, -0.2) is 7.98 Å². The van der Waals surface area contributed by atoms with E-state index in [1.54, 1.807) is 4.81 Å². The molecule has 0 saturated carbocycles. The number of rotatable bonds is 3. The van der Waals surface area contributed by atoms with Gasteiger partial charge in [0.1, 0.15) is 5.58 Å². The van der Waals surface area contributed by atoms with Crippen LogP contribution in [0.4, 0.5) is 11.4 Å². The van der Waals surface area contributed by atoms with Crippen LogP contribution >= 0.6 is 0 Å². The molecule has 0 bridgehead atoms. The number of para-hydroxylation sites is 3. The first-order valence-electron chi connectivity index (χ1n) is 8.92. The van der Waals surface area contributed by atoms with Gasteiger partial charge in [0, 0.05) is 22.0 Å². The highest BCUT2D eigenvalue weighted by Crippen LogP contribution is 2.40. The molecule has 5 aromatic rings. The van der Waals surface area contributed by atoms with Crippen molar-refractivity contribution in [3.05, 3.63) is 97.1 Å². The predicted octanol–water partition coefficient (Wildman–Crippen LogP) is 6.47. The molecule has 0 saturated heterocycles. The Morgan fingerprint density at radius 1 is 0.593 bits per heavy atom. The molecule has 0 amide bonds. The molecule has 0 fully saturated rings. The maximum atomic E-state index is 6.43. The van der Waals surface area contributed by atoms with E-state index in [0.717, 1.165) is 44.4 Å². The normalized spacial score (nSPS) is 11.1. The molecule has 0 spiro atoms. The summed E-state index contributed by atoms with van der Waals surface area (Å²) < 4.78 is 6.39. The Morgan fingerprint density at radius 3 is 1.96 bits per heavy atom. The Hall–Kier alpha value is -3.46. The van der Waals surface area contributed by atoms with Crippen LogP contribution in [0, 0.1) is 0 Å². The van der Waals surface area contributed by atoms with E-state index in [1.807, 2.05) is 60.7 Å². The molecule has 27 heavy (non-hydrogen) atoms. The lowest BCUT2D eigenvalue weighted by Crippen LogP contribution is -2.11. The van der Waals surface area contributed by atoms with E-state index in [-0.39, 0.29) is 0 Å². The van der Waals surface area contributed by atoms with E-state index < -0.39 is 0 Å². The fourth-order valence-corrected chi connectivity index (χ4v) is 3.57. The van der Waals surface area contributed by atoms with Gasteiger partial charge in [0.15, 0.2) is 5.58 Å². The first-order valence-corrected chi connectivity index (χ1v) is 8.92. The summed E-state index contributed by atoms with van der Waals surface area (Å²) in [7, 11) is 6.43. The summed E-state index contributed by atoms with van der Waals surface area (Å²) >= 11 is 0. The molecule has 0 N–H and O–H groups in total. The van der Waals surface area contributed by atoms with Crippen molar-refractivity contribution in [1.82, 2.24) is 0 Å². The number of nitrogens with zero attached hydrogens (tertiary/aromatic N) is 1. The van der Waals surface area contributed by atoms with Crippen LogP contribution in [-0.2, 0) is 0 Å². The largest absolute Gasteiger partial charge is 0.453 e. The molecule has 2 nitrogen and oxygen atoms in total. The van der Waals surface area contributed by atoms with Crippen molar-refractivity contribution >= 4 is 41.3 Å². The molecular weight excluding hydrogens is 329 g/mol. The Bertz CT molecular complexity index is 1230. The molecule has 0 unspecified atom stereocenters. The number of anilines is 2. The zero-order valence-electron chi connectivity index (χ0n) is 14.7. The molecule has 4 aromatic carbocycles. The van der Waals surface area contributed by atoms with E-state index in [2.05, 4.69) is 36.4 Å². The van der Waals surface area contributed by atoms with Crippen molar-refractivity contribution in [2.75, 3.05) is 4.81 Å². The second-order valence-electron chi connectivity index (χ2n) is 6.51. The molecule has 0 atom stereocenters. The third-order valence-corrected chi connectivity index (χ3v) is 4.88. The SMILES string of the molecule is [B]N(c1ccccc1)c1cccc2c1oc1c(-c3ccccc3)cccc12. The summed E-state index contributed by atoms with van der Waals surface area (Å²) in [6.07, 6.45) is 0. The lowest BCUT2D eigenvalue weighted by molar-refractivity contribution is 0.670. The zero-order valence-corrected chi connectivity index (χ0v) is 14.7. The molecular formula is C24H16BNO. The summed E-state index contributed by atoms with van der Waals surface area (Å²) in [5.74, 6) is 0. The molecule has 0 aliphatic rings. The van der Waals surface area contributed by atoms with E-state index in [0.29, 0.717) is 0 Å². The minimum absolute atomic E-state index is 0.794. The Morgan fingerprint density at radius 2 is 1.22 bits per heavy atom. The van der Waals surface area contributed by atoms with Crippen LogP contribution in [0.1, 0.15) is 0 Å². The molecule has 5 rings (SSSR count). The molecule has 3 heteroatoms. The fraction of sp³-hybridized carbons (Fsp3) is 0. The smallest absolute Gasteiger partial charge is 0.234 e. The third-order valence-electron chi connectivity index (χ3n) is 4.88. The van der Waals surface area contributed by atoms with Gasteiger partial charge in [-0.3, -0.25) is 0 Å². The standard InChI is InChI=1S/C24H16BNO/c25-26(18-11-5-2-6-12-18)22-16-8-15-21-20-14-7-13-19(23(20)27-24(21)22)17-9-3-1-4-10-17/h1-16H. The number of hydrogen-bond acceptors (Lipinski definition) is 2. The van der Waals surface area contributed by atoms with Gasteiger partial charge in [-0.25, -0.2) is 0 Å². The van der Waals surface area contributed by atoms with Crippen LogP contribution < -0.4 is 4.81 Å². The van der Waals surface area contributed by atoms with E-state index in [4.69, 9.17) is 12.4 Å². The number of hydrogen-bond donors (Lipinski definition) is 0. The number of fused-ring (bicyclic) bond motifs is 3. The first-order chi connectivity index (χ1) is 13.3. The summed E-state index contributed by atoms with van der Waals surface area (Å²) in [5, 5.41) is 2.15. The lowest BCUT2D eigenvalue weighted by atomic mass is 10.0. The Kier molecular flexibility index (Phi) is 3.72. The van der Waals surface area contributed by atoms with Crippen LogP contribution in [0.2, 0.25) is 0 Å². The molecule has 2 radical (unpaired) electrons. The highest BCUT2D eigenvalue weighted by molar-refractivity contribution is 6.25. The highest BCUT2D eigenvalue weighted by atomic mass is 16.3. The average Bonchev–Trinajstić information content (AvgIpc) is 3.13. The van der Waals surface area contributed by atoms with Crippen molar-refractivity contribution in [3.8, 4) is 11.1 Å². The van der Waals surface area contributed by atoms with Gasteiger partial charge >= 0.3 is 0 Å². The summed E-state index contributed by atoms with van der Waals surface area (Å²) in [6.45, 7) is 0. The van der Waals surface area contributed by atoms with Gasteiger partial charge in [-0.05, 0) is 23.8 Å². The van der Waals surface area contributed by atoms with E-state index in [9.17, 15) is 0 Å². The summed E-state index contributed by atoms with van der Waals surface area (Å²) in [6, 6.07) is 32.5. The second-order valence-corrected chi connectivity index (χ2v) is 6.51. The van der Waals surface area contributed by atoms with Crippen LogP contribution in [0.15, 0.2) is 101 Å². The van der Waals surface area contributed by atoms with Crippen molar-refractivity contribution in [2.24, 2.45) is 0 Å². The van der Waals surface area contributed by atoms with Crippen molar-refractivity contribution < 1.29 is 4.42 Å². The van der Waals surface area contributed by atoms with Crippen LogP contribution in [0.25, 0.3) is 33.1 Å². The monoisotopic (exact) mass is 345 g/mol. The zero-order chi connectivity index (χ0) is 18.2. The van der Waals surface area contributed by atoms with Crippen molar-refractivity contribution in [2.45, 2.75) is 0 Å². The number of furan rings is 1. The molecule has 126 valence electrons. The van der Waals surface area contributed by atoms with Gasteiger partial charge in [-0.1, -0.05) is 78.9 Å². The Balaban J connectivity index is 1.76. The molecule has 1 aromatic heterocycles. The lowest BCUT2D eigenvalue weighted by Gasteiger charge is -2.20. The molecule has 1 heterocycles. The second kappa shape index (κ2) is 6.37. The van der Waals surface area contributed by atoms with Gasteiger partial charge in [-0.2, -0.15) is 0 Å². The molecule has 0 aliphatic heterocycles. The maximum Gasteiger partial charge on any atom is 0.234 e. The van der Waals surface area contributed by atoms with Crippen molar-refractivity contribution in [1.29, 1.82) is 0 Å². The van der Waals surface area contributed by atoms with Gasteiger partial charge in [0.25, 0.3) is 0 Å². The van der Waals surface area contributed by atoms with E-state index >= 15 is 0 Å². The number of benzene rings is 4.